The van der Waals surface area contributed by atoms with Crippen LogP contribution in [0.2, 0.25) is 0 Å². The monoisotopic (exact) mass is 356 g/mol. The van der Waals surface area contributed by atoms with Crippen molar-refractivity contribution in [1.29, 1.82) is 0 Å². The highest BCUT2D eigenvalue weighted by Gasteiger charge is 2.31. The maximum absolute atomic E-state index is 10.1. The molecule has 0 saturated heterocycles. The van der Waals surface area contributed by atoms with Gasteiger partial charge in [-0.25, -0.2) is 8.42 Å². The number of hydrogen-bond acceptors (Lipinski definition) is 3. The molecule has 1 aliphatic rings. The summed E-state index contributed by atoms with van der Waals surface area (Å²) in [5.41, 5.74) is 7.15. The van der Waals surface area contributed by atoms with Crippen molar-refractivity contribution in [2.24, 2.45) is 0 Å². The van der Waals surface area contributed by atoms with E-state index in [0.717, 1.165) is 6.42 Å². The lowest BCUT2D eigenvalue weighted by Gasteiger charge is -2.21. The van der Waals surface area contributed by atoms with Gasteiger partial charge in [0, 0.05) is 28.5 Å². The minimum Gasteiger partial charge on any atom is -0.722 e. The van der Waals surface area contributed by atoms with Crippen LogP contribution in [0.4, 0.5) is 3.89 Å². The zero-order valence-electron chi connectivity index (χ0n) is 13.9. The Hall–Kier alpha value is -2.37. The number of benzene rings is 3. The molecule has 0 aromatic heterocycles. The average molecular weight is 356 g/mol. The second kappa shape index (κ2) is 6.50. The van der Waals surface area contributed by atoms with Crippen LogP contribution in [0, 0.1) is 12.8 Å². The van der Waals surface area contributed by atoms with Crippen molar-refractivity contribution >= 4 is 21.3 Å². The van der Waals surface area contributed by atoms with Gasteiger partial charge in [0.25, 0.3) is 10.5 Å². The smallest absolute Gasteiger partial charge is 0.255 e. The maximum Gasteiger partial charge on any atom is 0.255 e. The van der Waals surface area contributed by atoms with Crippen molar-refractivity contribution in [2.75, 3.05) is 0 Å². The molecule has 0 N–H and O–H groups in total. The summed E-state index contributed by atoms with van der Waals surface area (Å²) in [6.07, 6.45) is 1.05. The molecular formula is C20H17FO3S. The summed E-state index contributed by atoms with van der Waals surface area (Å²) in [5.74, 6) is 1.42. The van der Waals surface area contributed by atoms with E-state index in [1.807, 2.05) is 0 Å². The highest BCUT2D eigenvalue weighted by atomic mass is 32.3. The normalized spacial score (nSPS) is 12.9. The quantitative estimate of drug-likeness (QED) is 0.339. The molecule has 0 atom stereocenters. The van der Waals surface area contributed by atoms with Crippen LogP contribution >= 0.6 is 0 Å². The summed E-state index contributed by atoms with van der Waals surface area (Å²) in [5, 5.41) is 2.78. The van der Waals surface area contributed by atoms with Crippen LogP contribution in [0.25, 0.3) is 10.8 Å². The summed E-state index contributed by atoms with van der Waals surface area (Å²) in [4.78, 5) is 0. The van der Waals surface area contributed by atoms with E-state index in [4.69, 9.17) is 13.0 Å². The van der Waals surface area contributed by atoms with E-state index < -0.39 is 10.5 Å². The van der Waals surface area contributed by atoms with E-state index in [0.29, 0.717) is 0 Å². The fraction of sp³-hybridized carbons (Fsp3) is 0.150. The number of halogens is 1. The van der Waals surface area contributed by atoms with Crippen LogP contribution in [0.3, 0.4) is 0 Å². The van der Waals surface area contributed by atoms with Gasteiger partial charge in [-0.2, -0.15) is 0 Å². The van der Waals surface area contributed by atoms with Gasteiger partial charge in [-0.1, -0.05) is 12.1 Å². The van der Waals surface area contributed by atoms with Gasteiger partial charge < -0.3 is 4.55 Å². The van der Waals surface area contributed by atoms with Crippen molar-refractivity contribution in [3.05, 3.63) is 88.3 Å². The Balaban J connectivity index is 0.000000324. The molecular weight excluding hydrogens is 339 g/mol. The first-order valence-electron chi connectivity index (χ1n) is 7.84. The van der Waals surface area contributed by atoms with E-state index in [9.17, 15) is 3.89 Å². The lowest BCUT2D eigenvalue weighted by atomic mass is 9.76. The summed E-state index contributed by atoms with van der Waals surface area (Å²) in [6.45, 7) is 4.49. The molecule has 0 radical (unpaired) electrons. The number of fused-ring (bicyclic) bond motifs is 4. The van der Waals surface area contributed by atoms with Gasteiger partial charge in [0.15, 0.2) is 0 Å². The topological polar surface area (TPSA) is 57.2 Å². The van der Waals surface area contributed by atoms with Gasteiger partial charge in [-0.05, 0) is 55.8 Å². The van der Waals surface area contributed by atoms with E-state index in [-0.39, 0.29) is 0 Å². The standard InChI is InChI=1S/C20H17.FHO3S/c1-13-6-5-8-15-10-11-17-12-16-7-3-4-9-18(16)14(2)20(17)19(13)15;1-5(2,3)4/h3-11H,12H2,1-2H3;(H,2,3,4)/q+1;/p-1. The van der Waals surface area contributed by atoms with Crippen LogP contribution in [-0.2, 0) is 16.9 Å². The third-order valence-electron chi connectivity index (χ3n) is 4.52. The van der Waals surface area contributed by atoms with Crippen LogP contribution in [0.5, 0.6) is 0 Å². The predicted octanol–water partition coefficient (Wildman–Crippen LogP) is 4.46. The Morgan fingerprint density at radius 3 is 2.40 bits per heavy atom. The molecule has 3 aromatic rings. The number of hydrogen-bond donors (Lipinski definition) is 0. The molecule has 4 rings (SSSR count). The molecule has 0 amide bonds. The summed E-state index contributed by atoms with van der Waals surface area (Å²) in [6, 6.07) is 19.9. The third kappa shape index (κ3) is 3.67. The molecule has 1 aliphatic carbocycles. The molecule has 25 heavy (non-hydrogen) atoms. The second-order valence-electron chi connectivity index (χ2n) is 6.12. The van der Waals surface area contributed by atoms with Gasteiger partial charge in [-0.3, -0.25) is 0 Å². The molecule has 0 saturated carbocycles. The molecule has 3 nitrogen and oxygen atoms in total. The Morgan fingerprint density at radius 1 is 1.00 bits per heavy atom. The van der Waals surface area contributed by atoms with E-state index >= 15 is 0 Å². The molecule has 0 aliphatic heterocycles. The fourth-order valence-corrected chi connectivity index (χ4v) is 3.56. The van der Waals surface area contributed by atoms with Crippen LogP contribution in [-0.4, -0.2) is 13.0 Å². The van der Waals surface area contributed by atoms with Gasteiger partial charge in [-0.15, -0.1) is 3.89 Å². The van der Waals surface area contributed by atoms with Crippen LogP contribution in [0.1, 0.15) is 34.7 Å². The lowest BCUT2D eigenvalue weighted by molar-refractivity contribution is 0.417. The van der Waals surface area contributed by atoms with E-state index in [1.165, 1.54) is 44.5 Å². The van der Waals surface area contributed by atoms with Crippen molar-refractivity contribution in [2.45, 2.75) is 20.3 Å². The van der Waals surface area contributed by atoms with Gasteiger partial charge >= 0.3 is 0 Å². The molecule has 128 valence electrons. The molecule has 0 bridgehead atoms. The summed E-state index contributed by atoms with van der Waals surface area (Å²) >= 11 is 0. The zero-order valence-corrected chi connectivity index (χ0v) is 14.7. The van der Waals surface area contributed by atoms with Crippen molar-refractivity contribution in [3.63, 3.8) is 0 Å². The molecule has 0 unspecified atom stereocenters. The first-order chi connectivity index (χ1) is 11.8. The Kier molecular flexibility index (Phi) is 4.54. The maximum atomic E-state index is 10.1. The van der Waals surface area contributed by atoms with Crippen molar-refractivity contribution in [3.8, 4) is 0 Å². The summed E-state index contributed by atoms with van der Waals surface area (Å²) in [7, 11) is -5.42. The minimum absolute atomic E-state index is 1.05. The predicted molar refractivity (Wildman–Crippen MR) is 95.9 cm³/mol. The fourth-order valence-electron chi connectivity index (χ4n) is 3.56. The lowest BCUT2D eigenvalue weighted by Crippen LogP contribution is -2.12. The van der Waals surface area contributed by atoms with Gasteiger partial charge in [0.2, 0.25) is 0 Å². The molecule has 0 heterocycles. The van der Waals surface area contributed by atoms with E-state index in [1.54, 1.807) is 0 Å². The SMILES string of the molecule is Cc1cccc2ccc3c(c12)[C+](C)c1ccccc1C3.O=S(=O)([O-])F. The van der Waals surface area contributed by atoms with Crippen LogP contribution < -0.4 is 0 Å². The largest absolute Gasteiger partial charge is 0.722 e. The molecule has 3 aromatic carbocycles. The molecule has 5 heteroatoms. The van der Waals surface area contributed by atoms with Crippen molar-refractivity contribution in [1.82, 2.24) is 0 Å². The van der Waals surface area contributed by atoms with Crippen LogP contribution in [0.15, 0.2) is 54.6 Å². The number of rotatable bonds is 0. The zero-order chi connectivity index (χ0) is 18.2. The number of aryl methyl sites for hydroxylation is 1. The highest BCUT2D eigenvalue weighted by molar-refractivity contribution is 7.80. The van der Waals surface area contributed by atoms with Gasteiger partial charge in [0.05, 0.1) is 22.9 Å². The molecule has 0 fully saturated rings. The Morgan fingerprint density at radius 2 is 1.68 bits per heavy atom. The first-order valence-corrected chi connectivity index (χ1v) is 9.15. The third-order valence-corrected chi connectivity index (χ3v) is 4.52. The Bertz CT molecular complexity index is 1030. The second-order valence-corrected chi connectivity index (χ2v) is 6.91. The molecule has 0 spiro atoms. The minimum atomic E-state index is -5.42. The highest BCUT2D eigenvalue weighted by Crippen LogP contribution is 2.40. The van der Waals surface area contributed by atoms with Crippen molar-refractivity contribution < 1.29 is 16.9 Å². The first kappa shape index (κ1) is 17.5. The summed E-state index contributed by atoms with van der Waals surface area (Å²) < 4.78 is 35.3. The van der Waals surface area contributed by atoms with E-state index in [2.05, 4.69) is 68.4 Å². The Labute approximate surface area is 147 Å². The van der Waals surface area contributed by atoms with Gasteiger partial charge in [0.1, 0.15) is 0 Å². The average Bonchev–Trinajstić information content (AvgIpc) is 2.53.